The number of fused-ring (bicyclic) bond motifs is 6. The van der Waals surface area contributed by atoms with Crippen LogP contribution in [0.1, 0.15) is 71.6 Å². The molecule has 0 radical (unpaired) electrons. The molecule has 0 amide bonds. The number of ether oxygens (including phenoxy) is 1. The summed E-state index contributed by atoms with van der Waals surface area (Å²) >= 11 is 0. The topological polar surface area (TPSA) is 36.0 Å². The molecule has 146 valence electrons. The quantitative estimate of drug-likeness (QED) is 0.723. The predicted molar refractivity (Wildman–Crippen MR) is 102 cm³/mol. The molecule has 10 atom stereocenters. The molecule has 0 bridgehead atoms. The molecule has 2 aliphatic heterocycles. The van der Waals surface area contributed by atoms with Crippen LogP contribution in [0.4, 0.5) is 0 Å². The second-order valence-corrected chi connectivity index (χ2v) is 11.3. The lowest BCUT2D eigenvalue weighted by molar-refractivity contribution is -0.119. The molecule has 1 N–H and O–H groups in total. The van der Waals surface area contributed by atoms with Gasteiger partial charge in [-0.25, -0.2) is 0 Å². The summed E-state index contributed by atoms with van der Waals surface area (Å²) in [5.41, 5.74) is 0.684. The van der Waals surface area contributed by atoms with E-state index in [0.29, 0.717) is 23.7 Å². The van der Waals surface area contributed by atoms with Crippen LogP contribution in [-0.2, 0) is 4.74 Å². The van der Waals surface area contributed by atoms with Gasteiger partial charge in [-0.1, -0.05) is 13.8 Å². The monoisotopic (exact) mass is 359 g/mol. The van der Waals surface area contributed by atoms with E-state index in [9.17, 15) is 5.11 Å². The van der Waals surface area contributed by atoms with Gasteiger partial charge in [0.15, 0.2) is 0 Å². The summed E-state index contributed by atoms with van der Waals surface area (Å²) in [6.07, 6.45) is 13.1. The van der Waals surface area contributed by atoms with Crippen LogP contribution in [0.25, 0.3) is 0 Å². The first-order valence-electron chi connectivity index (χ1n) is 11.6. The van der Waals surface area contributed by atoms with E-state index in [4.69, 9.17) is 4.74 Å². The molecule has 6 rings (SSSR count). The van der Waals surface area contributed by atoms with Crippen molar-refractivity contribution in [2.45, 2.75) is 96.0 Å². The van der Waals surface area contributed by atoms with Gasteiger partial charge in [0, 0.05) is 6.04 Å². The maximum atomic E-state index is 11.4. The van der Waals surface area contributed by atoms with E-state index in [1.54, 1.807) is 0 Å². The number of rotatable bonds is 1. The van der Waals surface area contributed by atoms with Gasteiger partial charge in [0.1, 0.15) is 0 Å². The van der Waals surface area contributed by atoms with E-state index in [1.165, 1.54) is 70.9 Å². The maximum absolute atomic E-state index is 11.4. The van der Waals surface area contributed by atoms with E-state index >= 15 is 0 Å². The Morgan fingerprint density at radius 2 is 1.73 bits per heavy atom. The summed E-state index contributed by atoms with van der Waals surface area (Å²) in [5, 5.41) is 11.4. The fourth-order valence-corrected chi connectivity index (χ4v) is 8.93. The van der Waals surface area contributed by atoms with Gasteiger partial charge < -0.3 is 9.84 Å². The molecule has 0 aromatic heterocycles. The summed E-state index contributed by atoms with van der Waals surface area (Å²) < 4.78 is 5.98. The van der Waals surface area contributed by atoms with E-state index in [0.717, 1.165) is 23.7 Å². The summed E-state index contributed by atoms with van der Waals surface area (Å²) in [7, 11) is 0. The molecule has 26 heavy (non-hydrogen) atoms. The minimum Gasteiger partial charge on any atom is -0.391 e. The van der Waals surface area contributed by atoms with Crippen molar-refractivity contribution in [2.75, 3.05) is 13.1 Å². The van der Waals surface area contributed by atoms with Gasteiger partial charge in [-0.2, -0.15) is 0 Å². The van der Waals surface area contributed by atoms with Crippen LogP contribution >= 0.6 is 0 Å². The first-order valence-corrected chi connectivity index (χ1v) is 11.6. The summed E-state index contributed by atoms with van der Waals surface area (Å²) in [6.45, 7) is 7.51. The van der Waals surface area contributed by atoms with E-state index in [-0.39, 0.29) is 11.5 Å². The van der Waals surface area contributed by atoms with Crippen molar-refractivity contribution < 1.29 is 9.84 Å². The average Bonchev–Trinajstić information content (AvgIpc) is 3.02. The van der Waals surface area contributed by atoms with Crippen molar-refractivity contribution in [3.8, 4) is 0 Å². The Hall–Kier alpha value is -0.120. The zero-order chi connectivity index (χ0) is 17.7. The maximum Gasteiger partial charge on any atom is 0.0847 e. The van der Waals surface area contributed by atoms with Crippen molar-refractivity contribution in [3.63, 3.8) is 0 Å². The van der Waals surface area contributed by atoms with Crippen LogP contribution in [0.3, 0.4) is 0 Å². The lowest BCUT2D eigenvalue weighted by Gasteiger charge is -2.59. The number of likely N-dealkylation sites (tertiary alicyclic amines) is 1. The Bertz CT molecular complexity index is 589. The number of nitrogens with zero attached hydrogens (tertiary/aromatic N) is 1. The van der Waals surface area contributed by atoms with Crippen LogP contribution in [0.15, 0.2) is 0 Å². The highest BCUT2D eigenvalue weighted by Crippen LogP contribution is 2.68. The Kier molecular flexibility index (Phi) is 3.54. The lowest BCUT2D eigenvalue weighted by Crippen LogP contribution is -2.54. The molecule has 3 nitrogen and oxygen atoms in total. The van der Waals surface area contributed by atoms with Crippen molar-refractivity contribution in [1.29, 1.82) is 0 Å². The minimum atomic E-state index is -0.0976. The normalized spacial score (nSPS) is 61.5. The molecule has 4 saturated carbocycles. The molecule has 3 heteroatoms. The Balaban J connectivity index is 1.29. The molecule has 4 aliphatic carbocycles. The number of hydrogen-bond acceptors (Lipinski definition) is 3. The van der Waals surface area contributed by atoms with E-state index < -0.39 is 0 Å². The molecule has 5 unspecified atom stereocenters. The van der Waals surface area contributed by atoms with Gasteiger partial charge in [-0.15, -0.1) is 0 Å². The molecule has 0 aromatic rings. The van der Waals surface area contributed by atoms with Crippen LogP contribution in [0, 0.1) is 34.5 Å². The highest BCUT2D eigenvalue weighted by atomic mass is 16.6. The lowest BCUT2D eigenvalue weighted by atomic mass is 9.45. The summed E-state index contributed by atoms with van der Waals surface area (Å²) in [6, 6.07) is 0.444. The van der Waals surface area contributed by atoms with Crippen LogP contribution < -0.4 is 0 Å². The van der Waals surface area contributed by atoms with Gasteiger partial charge in [-0.05, 0) is 105 Å². The third kappa shape index (κ3) is 2.12. The van der Waals surface area contributed by atoms with Crippen molar-refractivity contribution in [3.05, 3.63) is 0 Å². The fourth-order valence-electron chi connectivity index (χ4n) is 8.93. The van der Waals surface area contributed by atoms with Gasteiger partial charge >= 0.3 is 0 Å². The highest BCUT2D eigenvalue weighted by Gasteiger charge is 2.65. The number of aliphatic hydroxyl groups excluding tert-OH is 1. The second-order valence-electron chi connectivity index (χ2n) is 11.3. The SMILES string of the molecule is C[C@]12CC3OC3CC1CC[C@@H]1[C@@H]2CC[C@]2(C)C(O)C(N3CCCC3)C[C@@H]12. The smallest absolute Gasteiger partial charge is 0.0847 e. The van der Waals surface area contributed by atoms with Gasteiger partial charge in [0.2, 0.25) is 0 Å². The van der Waals surface area contributed by atoms with Gasteiger partial charge in [-0.3, -0.25) is 4.90 Å². The Morgan fingerprint density at radius 3 is 2.54 bits per heavy atom. The fraction of sp³-hybridized carbons (Fsp3) is 1.00. The average molecular weight is 360 g/mol. The molecule has 6 aliphatic rings. The first-order chi connectivity index (χ1) is 12.5. The van der Waals surface area contributed by atoms with Crippen LogP contribution in [0.2, 0.25) is 0 Å². The number of epoxide rings is 1. The van der Waals surface area contributed by atoms with E-state index in [1.807, 2.05) is 0 Å². The zero-order valence-corrected chi connectivity index (χ0v) is 16.7. The molecule has 0 spiro atoms. The summed E-state index contributed by atoms with van der Waals surface area (Å²) in [5.74, 6) is 3.39. The molecular formula is C23H37NO2. The molecule has 2 saturated heterocycles. The van der Waals surface area contributed by atoms with Crippen molar-refractivity contribution in [2.24, 2.45) is 34.5 Å². The second kappa shape index (κ2) is 5.48. The van der Waals surface area contributed by atoms with Crippen molar-refractivity contribution >= 4 is 0 Å². The van der Waals surface area contributed by atoms with Crippen molar-refractivity contribution in [1.82, 2.24) is 4.90 Å². The highest BCUT2D eigenvalue weighted by molar-refractivity contribution is 5.15. The van der Waals surface area contributed by atoms with Crippen LogP contribution in [-0.4, -0.2) is 47.4 Å². The van der Waals surface area contributed by atoms with E-state index in [2.05, 4.69) is 18.7 Å². The third-order valence-corrected chi connectivity index (χ3v) is 10.5. The largest absolute Gasteiger partial charge is 0.391 e. The summed E-state index contributed by atoms with van der Waals surface area (Å²) in [4.78, 5) is 2.64. The third-order valence-electron chi connectivity index (χ3n) is 10.5. The zero-order valence-electron chi connectivity index (χ0n) is 16.7. The molecule has 0 aromatic carbocycles. The Morgan fingerprint density at radius 1 is 0.923 bits per heavy atom. The van der Waals surface area contributed by atoms with Crippen LogP contribution in [0.5, 0.6) is 0 Å². The first kappa shape index (κ1) is 16.8. The van der Waals surface area contributed by atoms with Gasteiger partial charge in [0.05, 0.1) is 18.3 Å². The molecule has 2 heterocycles. The standard InChI is InChI=1S/C23H37NO2/c1-22-8-7-16-15(6-5-14-11-19-20(26-19)13-23(14,16)2)17(22)12-18(21(22)25)24-9-3-4-10-24/h14-21,25H,3-13H2,1-2H3/t14?,15-,16+,17+,18?,19?,20?,21?,22+,23+/m1/s1. The number of hydrogen-bond donors (Lipinski definition) is 1. The number of aliphatic hydroxyl groups is 1. The minimum absolute atomic E-state index is 0.0976. The Labute approximate surface area is 158 Å². The molecule has 6 fully saturated rings. The van der Waals surface area contributed by atoms with Gasteiger partial charge in [0.25, 0.3) is 0 Å². The predicted octanol–water partition coefficient (Wildman–Crippen LogP) is 3.84. The molecular weight excluding hydrogens is 322 g/mol.